The summed E-state index contributed by atoms with van der Waals surface area (Å²) in [6, 6.07) is 26.9. The van der Waals surface area contributed by atoms with Crippen molar-refractivity contribution in [3.05, 3.63) is 107 Å². The van der Waals surface area contributed by atoms with E-state index in [1.807, 2.05) is 54.6 Å². The number of phenols is 1. The minimum absolute atomic E-state index is 0.102. The largest absolute Gasteiger partial charge is 0.506 e. The van der Waals surface area contributed by atoms with Crippen molar-refractivity contribution < 1.29 is 24.2 Å². The highest BCUT2D eigenvalue weighted by molar-refractivity contribution is 6.30. The van der Waals surface area contributed by atoms with E-state index in [-0.39, 0.29) is 36.1 Å². The first kappa shape index (κ1) is 28.7. The van der Waals surface area contributed by atoms with Gasteiger partial charge in [0.05, 0.1) is 30.0 Å². The molecule has 0 bridgehead atoms. The highest BCUT2D eigenvalue weighted by atomic mass is 35.5. The van der Waals surface area contributed by atoms with E-state index in [4.69, 9.17) is 26.8 Å². The number of nitrogens with two attached hydrogens (primary N) is 1. The molecule has 5 N–H and O–H groups in total. The van der Waals surface area contributed by atoms with E-state index in [9.17, 15) is 14.7 Å². The Bertz CT molecular complexity index is 1760. The number of hydrogen-bond donors (Lipinski definition) is 4. The highest BCUT2D eigenvalue weighted by Gasteiger charge is 2.19. The molecular formula is C33H30ClN3O5. The van der Waals surface area contributed by atoms with Crippen LogP contribution >= 0.6 is 11.6 Å². The molecule has 0 aliphatic rings. The van der Waals surface area contributed by atoms with Crippen molar-refractivity contribution in [1.82, 2.24) is 5.32 Å². The molecule has 2 amide bonds. The molecule has 214 valence electrons. The lowest BCUT2D eigenvalue weighted by molar-refractivity contribution is 0.0942. The van der Waals surface area contributed by atoms with Crippen LogP contribution in [0.1, 0.15) is 27.1 Å². The number of aromatic hydroxyl groups is 1. The summed E-state index contributed by atoms with van der Waals surface area (Å²) in [5.74, 6) is -0.0914. The van der Waals surface area contributed by atoms with E-state index in [0.717, 1.165) is 21.5 Å². The van der Waals surface area contributed by atoms with Gasteiger partial charge in [-0.05, 0) is 64.8 Å². The van der Waals surface area contributed by atoms with Gasteiger partial charge in [-0.15, -0.1) is 0 Å². The van der Waals surface area contributed by atoms with Crippen LogP contribution in [0.25, 0.3) is 21.5 Å². The summed E-state index contributed by atoms with van der Waals surface area (Å²) >= 11 is 5.92. The average molecular weight is 584 g/mol. The second-order valence-electron chi connectivity index (χ2n) is 9.57. The van der Waals surface area contributed by atoms with Crippen molar-refractivity contribution in [1.29, 1.82) is 0 Å². The molecule has 0 aliphatic carbocycles. The Morgan fingerprint density at radius 3 is 2.26 bits per heavy atom. The Hall–Kier alpha value is -4.79. The average Bonchev–Trinajstić information content (AvgIpc) is 3.00. The zero-order chi connectivity index (χ0) is 29.5. The monoisotopic (exact) mass is 583 g/mol. The maximum absolute atomic E-state index is 13.4. The Morgan fingerprint density at radius 2 is 1.50 bits per heavy atom. The van der Waals surface area contributed by atoms with Gasteiger partial charge < -0.3 is 30.9 Å². The number of nitrogens with one attached hydrogen (secondary N) is 2. The van der Waals surface area contributed by atoms with E-state index in [1.165, 1.54) is 12.1 Å². The molecule has 9 heteroatoms. The number of fused-ring (bicyclic) bond motifs is 2. The second-order valence-corrected chi connectivity index (χ2v) is 10.0. The van der Waals surface area contributed by atoms with Crippen molar-refractivity contribution >= 4 is 50.6 Å². The van der Waals surface area contributed by atoms with E-state index < -0.39 is 5.91 Å². The van der Waals surface area contributed by atoms with Gasteiger partial charge >= 0.3 is 0 Å². The van der Waals surface area contributed by atoms with E-state index in [2.05, 4.69) is 10.6 Å². The summed E-state index contributed by atoms with van der Waals surface area (Å²) in [6.07, 6.45) is 0.668. The molecule has 5 aromatic rings. The highest BCUT2D eigenvalue weighted by Crippen LogP contribution is 2.31. The Balaban J connectivity index is 1.32. The van der Waals surface area contributed by atoms with Gasteiger partial charge in [-0.1, -0.05) is 66.2 Å². The standard InChI is InChI=1S/C33H30ClN3O5/c34-24-11-12-27(28(38)20-24)37-32(39)26-18-22-7-1-2-8-23(22)19-30(26)42-17-15-36-33(40)31-25-9-4-3-6-21(25)10-13-29(31)41-16-5-14-35/h1-4,6-13,18-20,38H,5,14-17,35H2,(H,36,40)(H,37,39). The molecule has 0 saturated heterocycles. The summed E-state index contributed by atoms with van der Waals surface area (Å²) in [5, 5.41) is 19.6. The minimum atomic E-state index is -0.465. The van der Waals surface area contributed by atoms with Crippen LogP contribution < -0.4 is 25.8 Å². The lowest BCUT2D eigenvalue weighted by Gasteiger charge is -2.16. The molecule has 5 rings (SSSR count). The number of carbonyl (C=O) groups is 2. The van der Waals surface area contributed by atoms with Crippen LogP contribution in [0.4, 0.5) is 5.69 Å². The summed E-state index contributed by atoms with van der Waals surface area (Å²) in [6.45, 7) is 1.17. The fourth-order valence-corrected chi connectivity index (χ4v) is 4.77. The molecule has 5 aromatic carbocycles. The summed E-state index contributed by atoms with van der Waals surface area (Å²) in [4.78, 5) is 26.6. The minimum Gasteiger partial charge on any atom is -0.506 e. The Labute approximate surface area is 248 Å². The Morgan fingerprint density at radius 1 is 0.786 bits per heavy atom. The molecule has 8 nitrogen and oxygen atoms in total. The summed E-state index contributed by atoms with van der Waals surface area (Å²) < 4.78 is 11.9. The fourth-order valence-electron chi connectivity index (χ4n) is 4.60. The third kappa shape index (κ3) is 6.57. The SMILES string of the molecule is NCCCOc1ccc2ccccc2c1C(=O)NCCOc1cc2ccccc2cc1C(=O)Nc1ccc(Cl)cc1O. The number of phenolic OH excluding ortho intramolecular Hbond substituents is 1. The van der Waals surface area contributed by atoms with Crippen molar-refractivity contribution in [3.63, 3.8) is 0 Å². The first-order valence-electron chi connectivity index (χ1n) is 13.5. The number of benzene rings is 5. The molecule has 42 heavy (non-hydrogen) atoms. The number of rotatable bonds is 11. The molecule has 0 saturated carbocycles. The van der Waals surface area contributed by atoms with Gasteiger partial charge in [0.1, 0.15) is 23.9 Å². The topological polar surface area (TPSA) is 123 Å². The van der Waals surface area contributed by atoms with E-state index in [1.54, 1.807) is 24.3 Å². The predicted molar refractivity (Wildman–Crippen MR) is 166 cm³/mol. The molecule has 0 fully saturated rings. The summed E-state index contributed by atoms with van der Waals surface area (Å²) in [5.41, 5.74) is 6.54. The van der Waals surface area contributed by atoms with Crippen LogP contribution in [0.5, 0.6) is 17.2 Å². The van der Waals surface area contributed by atoms with Crippen LogP contribution in [-0.2, 0) is 0 Å². The maximum atomic E-state index is 13.4. The van der Waals surface area contributed by atoms with Gasteiger partial charge in [0.15, 0.2) is 0 Å². The summed E-state index contributed by atoms with van der Waals surface area (Å²) in [7, 11) is 0. The third-order valence-corrected chi connectivity index (χ3v) is 6.90. The van der Waals surface area contributed by atoms with Crippen LogP contribution in [0, 0.1) is 0 Å². The van der Waals surface area contributed by atoms with Crippen LogP contribution in [-0.4, -0.2) is 43.2 Å². The molecule has 0 aromatic heterocycles. The van der Waals surface area contributed by atoms with Gasteiger partial charge in [-0.3, -0.25) is 9.59 Å². The molecule has 0 spiro atoms. The Kier molecular flexibility index (Phi) is 9.06. The molecule has 0 atom stereocenters. The maximum Gasteiger partial charge on any atom is 0.259 e. The zero-order valence-corrected chi connectivity index (χ0v) is 23.5. The van der Waals surface area contributed by atoms with Gasteiger partial charge in [-0.25, -0.2) is 0 Å². The first-order chi connectivity index (χ1) is 20.4. The van der Waals surface area contributed by atoms with Crippen LogP contribution in [0.15, 0.2) is 91.0 Å². The van der Waals surface area contributed by atoms with Gasteiger partial charge in [0.25, 0.3) is 11.8 Å². The molecular weight excluding hydrogens is 554 g/mol. The number of ether oxygens (including phenoxy) is 2. The number of halogens is 1. The normalized spacial score (nSPS) is 10.9. The van der Waals surface area contributed by atoms with Crippen LogP contribution in [0.2, 0.25) is 5.02 Å². The molecule has 0 unspecified atom stereocenters. The second kappa shape index (κ2) is 13.2. The number of anilines is 1. The van der Waals surface area contributed by atoms with Gasteiger partial charge in [0, 0.05) is 11.1 Å². The number of carbonyl (C=O) groups excluding carboxylic acids is 2. The molecule has 0 aliphatic heterocycles. The number of amides is 2. The lowest BCUT2D eigenvalue weighted by atomic mass is 10.0. The third-order valence-electron chi connectivity index (χ3n) is 6.67. The lowest BCUT2D eigenvalue weighted by Crippen LogP contribution is -2.29. The van der Waals surface area contributed by atoms with Crippen molar-refractivity contribution in [2.45, 2.75) is 6.42 Å². The van der Waals surface area contributed by atoms with Gasteiger partial charge in [-0.2, -0.15) is 0 Å². The van der Waals surface area contributed by atoms with Crippen molar-refractivity contribution in [2.75, 3.05) is 31.6 Å². The number of hydrogen-bond acceptors (Lipinski definition) is 6. The zero-order valence-electron chi connectivity index (χ0n) is 22.7. The van der Waals surface area contributed by atoms with Crippen molar-refractivity contribution in [3.8, 4) is 17.2 Å². The smallest absolute Gasteiger partial charge is 0.259 e. The van der Waals surface area contributed by atoms with Crippen molar-refractivity contribution in [2.24, 2.45) is 5.73 Å². The predicted octanol–water partition coefficient (Wildman–Crippen LogP) is 6.14. The first-order valence-corrected chi connectivity index (χ1v) is 13.9. The fraction of sp³-hybridized carbons (Fsp3) is 0.152. The van der Waals surface area contributed by atoms with E-state index in [0.29, 0.717) is 41.7 Å². The van der Waals surface area contributed by atoms with Gasteiger partial charge in [0.2, 0.25) is 0 Å². The van der Waals surface area contributed by atoms with Crippen LogP contribution in [0.3, 0.4) is 0 Å². The van der Waals surface area contributed by atoms with E-state index >= 15 is 0 Å². The quantitative estimate of drug-likeness (QED) is 0.109. The molecule has 0 radical (unpaired) electrons. The molecule has 0 heterocycles.